The summed E-state index contributed by atoms with van der Waals surface area (Å²) in [5, 5.41) is 10.4. The normalized spacial score (nSPS) is 11.2. The zero-order valence-electron chi connectivity index (χ0n) is 14.3. The second kappa shape index (κ2) is 11.0. The van der Waals surface area contributed by atoms with Crippen molar-refractivity contribution in [2.45, 2.75) is 39.7 Å². The third-order valence-electron chi connectivity index (χ3n) is 3.10. The van der Waals surface area contributed by atoms with Gasteiger partial charge < -0.3 is 15.2 Å². The van der Waals surface area contributed by atoms with Crippen LogP contribution in [0.2, 0.25) is 0 Å². The minimum absolute atomic E-state index is 0. The van der Waals surface area contributed by atoms with Crippen LogP contribution in [0.15, 0.2) is 33.9 Å². The van der Waals surface area contributed by atoms with Crippen molar-refractivity contribution in [1.82, 2.24) is 25.8 Å². The smallest absolute Gasteiger partial charge is 0.228 e. The fraction of sp³-hybridized carbons (Fsp3) is 0.500. The molecule has 0 bridgehead atoms. The molecule has 0 aliphatic rings. The van der Waals surface area contributed by atoms with Crippen LogP contribution >= 0.6 is 24.0 Å². The van der Waals surface area contributed by atoms with Gasteiger partial charge in [0.2, 0.25) is 5.89 Å². The van der Waals surface area contributed by atoms with E-state index >= 15 is 0 Å². The number of nitrogens with zero attached hydrogens (tertiary/aromatic N) is 4. The standard InChI is InChI=1S/C16H24N6O.HI/c1-4-17-16(20-11-13-7-5-6-9-18-13)19-10-8-14-21-15(12(2)3)22-23-14;/h5-7,9,12H,4,8,10-11H2,1-3H3,(H2,17,19,20);1H. The summed E-state index contributed by atoms with van der Waals surface area (Å²) in [7, 11) is 0. The topological polar surface area (TPSA) is 88.2 Å². The molecule has 0 fully saturated rings. The summed E-state index contributed by atoms with van der Waals surface area (Å²) in [6.45, 7) is 8.12. The van der Waals surface area contributed by atoms with E-state index in [-0.39, 0.29) is 29.9 Å². The molecular formula is C16H25IN6O. The second-order valence-corrected chi connectivity index (χ2v) is 5.39. The highest BCUT2D eigenvalue weighted by molar-refractivity contribution is 14.0. The summed E-state index contributed by atoms with van der Waals surface area (Å²) >= 11 is 0. The monoisotopic (exact) mass is 444 g/mol. The van der Waals surface area contributed by atoms with E-state index in [1.165, 1.54) is 0 Å². The minimum Gasteiger partial charge on any atom is -0.357 e. The maximum absolute atomic E-state index is 5.23. The van der Waals surface area contributed by atoms with Gasteiger partial charge in [-0.25, -0.2) is 4.99 Å². The molecule has 24 heavy (non-hydrogen) atoms. The molecule has 2 aromatic heterocycles. The van der Waals surface area contributed by atoms with Gasteiger partial charge in [0.15, 0.2) is 11.8 Å². The molecule has 132 valence electrons. The molecule has 8 heteroatoms. The van der Waals surface area contributed by atoms with E-state index in [9.17, 15) is 0 Å². The number of guanidine groups is 1. The highest BCUT2D eigenvalue weighted by Gasteiger charge is 2.09. The van der Waals surface area contributed by atoms with Gasteiger partial charge in [0.05, 0.1) is 12.2 Å². The maximum atomic E-state index is 5.23. The van der Waals surface area contributed by atoms with Crippen LogP contribution in [0.3, 0.4) is 0 Å². The number of rotatable bonds is 7. The Morgan fingerprint density at radius 3 is 2.75 bits per heavy atom. The fourth-order valence-electron chi connectivity index (χ4n) is 1.89. The average molecular weight is 444 g/mol. The molecule has 0 atom stereocenters. The van der Waals surface area contributed by atoms with Gasteiger partial charge in [0.25, 0.3) is 0 Å². The van der Waals surface area contributed by atoms with Crippen molar-refractivity contribution in [2.75, 3.05) is 13.1 Å². The van der Waals surface area contributed by atoms with Crippen molar-refractivity contribution in [3.05, 3.63) is 41.8 Å². The number of aliphatic imine (C=N–C) groups is 1. The Hall–Kier alpha value is -1.71. The lowest BCUT2D eigenvalue weighted by molar-refractivity contribution is 0.371. The van der Waals surface area contributed by atoms with E-state index in [2.05, 4.69) is 30.8 Å². The van der Waals surface area contributed by atoms with Crippen molar-refractivity contribution in [3.8, 4) is 0 Å². The number of pyridine rings is 1. The average Bonchev–Trinajstić information content (AvgIpc) is 3.03. The Labute approximate surface area is 159 Å². The Morgan fingerprint density at radius 2 is 2.12 bits per heavy atom. The first kappa shape index (κ1) is 20.3. The van der Waals surface area contributed by atoms with Gasteiger partial charge in [0, 0.05) is 31.6 Å². The molecule has 0 saturated carbocycles. The molecule has 0 aliphatic heterocycles. The number of aromatic nitrogens is 3. The van der Waals surface area contributed by atoms with E-state index in [4.69, 9.17) is 4.52 Å². The Morgan fingerprint density at radius 1 is 1.29 bits per heavy atom. The summed E-state index contributed by atoms with van der Waals surface area (Å²) in [4.78, 5) is 13.1. The van der Waals surface area contributed by atoms with Crippen LogP contribution in [-0.4, -0.2) is 34.2 Å². The highest BCUT2D eigenvalue weighted by Crippen LogP contribution is 2.09. The molecule has 0 spiro atoms. The SMILES string of the molecule is CCNC(=NCc1ccccn1)NCCc1nc(C(C)C)no1.I. The quantitative estimate of drug-likeness (QED) is 0.388. The van der Waals surface area contributed by atoms with Crippen LogP contribution in [0.4, 0.5) is 0 Å². The predicted molar refractivity (Wildman–Crippen MR) is 105 cm³/mol. The first-order chi connectivity index (χ1) is 11.2. The molecule has 0 aliphatic carbocycles. The molecule has 0 saturated heterocycles. The third-order valence-corrected chi connectivity index (χ3v) is 3.10. The molecule has 0 amide bonds. The largest absolute Gasteiger partial charge is 0.357 e. The summed E-state index contributed by atoms with van der Waals surface area (Å²) in [6.07, 6.45) is 2.43. The molecular weight excluding hydrogens is 419 g/mol. The van der Waals surface area contributed by atoms with Crippen LogP contribution < -0.4 is 10.6 Å². The zero-order valence-corrected chi connectivity index (χ0v) is 16.7. The summed E-state index contributed by atoms with van der Waals surface area (Å²) in [5.74, 6) is 2.41. The van der Waals surface area contributed by atoms with E-state index in [0.29, 0.717) is 25.4 Å². The van der Waals surface area contributed by atoms with E-state index in [1.807, 2.05) is 39.0 Å². The molecule has 2 N–H and O–H groups in total. The van der Waals surface area contributed by atoms with Crippen molar-refractivity contribution < 1.29 is 4.52 Å². The van der Waals surface area contributed by atoms with Gasteiger partial charge in [-0.3, -0.25) is 4.98 Å². The third kappa shape index (κ3) is 6.81. The second-order valence-electron chi connectivity index (χ2n) is 5.39. The minimum atomic E-state index is 0. The van der Waals surface area contributed by atoms with Crippen molar-refractivity contribution in [3.63, 3.8) is 0 Å². The molecule has 7 nitrogen and oxygen atoms in total. The summed E-state index contributed by atoms with van der Waals surface area (Å²) in [5.41, 5.74) is 0.933. The highest BCUT2D eigenvalue weighted by atomic mass is 127. The lowest BCUT2D eigenvalue weighted by atomic mass is 10.2. The number of hydrogen-bond acceptors (Lipinski definition) is 5. The lowest BCUT2D eigenvalue weighted by Crippen LogP contribution is -2.38. The van der Waals surface area contributed by atoms with Gasteiger partial charge in [0.1, 0.15) is 0 Å². The Kier molecular flexibility index (Phi) is 9.28. The van der Waals surface area contributed by atoms with Gasteiger partial charge in [-0.05, 0) is 19.1 Å². The molecule has 0 radical (unpaired) electrons. The lowest BCUT2D eigenvalue weighted by Gasteiger charge is -2.10. The predicted octanol–water partition coefficient (Wildman–Crippen LogP) is 2.50. The van der Waals surface area contributed by atoms with Crippen molar-refractivity contribution in [2.24, 2.45) is 4.99 Å². The number of halogens is 1. The van der Waals surface area contributed by atoms with Crippen molar-refractivity contribution >= 4 is 29.9 Å². The summed E-state index contributed by atoms with van der Waals surface area (Å²) < 4.78 is 5.23. The first-order valence-corrected chi connectivity index (χ1v) is 7.93. The summed E-state index contributed by atoms with van der Waals surface area (Å²) in [6, 6.07) is 5.81. The molecule has 2 heterocycles. The van der Waals surface area contributed by atoms with Gasteiger partial charge >= 0.3 is 0 Å². The van der Waals surface area contributed by atoms with Crippen LogP contribution in [0.5, 0.6) is 0 Å². The van der Waals surface area contributed by atoms with Crippen LogP contribution in [0, 0.1) is 0 Å². The molecule has 2 aromatic rings. The van der Waals surface area contributed by atoms with Crippen LogP contribution in [0.1, 0.15) is 44.1 Å². The van der Waals surface area contributed by atoms with E-state index < -0.39 is 0 Å². The number of nitrogens with one attached hydrogen (secondary N) is 2. The van der Waals surface area contributed by atoms with Crippen LogP contribution in [-0.2, 0) is 13.0 Å². The van der Waals surface area contributed by atoms with E-state index in [0.717, 1.165) is 24.0 Å². The maximum Gasteiger partial charge on any atom is 0.228 e. The van der Waals surface area contributed by atoms with E-state index in [1.54, 1.807) is 6.20 Å². The van der Waals surface area contributed by atoms with Crippen LogP contribution in [0.25, 0.3) is 0 Å². The molecule has 2 rings (SSSR count). The zero-order chi connectivity index (χ0) is 16.5. The first-order valence-electron chi connectivity index (χ1n) is 7.93. The molecule has 0 unspecified atom stereocenters. The fourth-order valence-corrected chi connectivity index (χ4v) is 1.89. The van der Waals surface area contributed by atoms with Gasteiger partial charge in [-0.2, -0.15) is 4.98 Å². The van der Waals surface area contributed by atoms with Crippen molar-refractivity contribution in [1.29, 1.82) is 0 Å². The Balaban J connectivity index is 0.00000288. The Bertz CT molecular complexity index is 614. The van der Waals surface area contributed by atoms with Gasteiger partial charge in [-0.1, -0.05) is 25.1 Å². The van der Waals surface area contributed by atoms with Gasteiger partial charge in [-0.15, -0.1) is 24.0 Å². The number of hydrogen-bond donors (Lipinski definition) is 2. The molecule has 0 aromatic carbocycles.